The summed E-state index contributed by atoms with van der Waals surface area (Å²) in [6.07, 6.45) is 14.8. The van der Waals surface area contributed by atoms with Crippen LogP contribution < -0.4 is 5.32 Å². The van der Waals surface area contributed by atoms with Crippen molar-refractivity contribution in [3.63, 3.8) is 0 Å². The number of nitrogens with zero attached hydrogens (tertiary/aromatic N) is 6. The van der Waals surface area contributed by atoms with Crippen LogP contribution in [0.2, 0.25) is 0 Å². The summed E-state index contributed by atoms with van der Waals surface area (Å²) in [4.78, 5) is 24.4. The number of benzene rings is 2. The number of H-pyrrole nitrogens is 4. The van der Waals surface area contributed by atoms with Crippen molar-refractivity contribution in [1.29, 1.82) is 0 Å². The maximum Gasteiger partial charge on any atom is 0.137 e. The van der Waals surface area contributed by atoms with Crippen LogP contribution >= 0.6 is 0 Å². The quantitative estimate of drug-likeness (QED) is 0.103. The minimum absolute atomic E-state index is 0.833. The van der Waals surface area contributed by atoms with E-state index in [0.717, 1.165) is 114 Å². The van der Waals surface area contributed by atoms with E-state index in [2.05, 4.69) is 131 Å². The van der Waals surface area contributed by atoms with Crippen LogP contribution in [0.15, 0.2) is 128 Å². The van der Waals surface area contributed by atoms with Crippen LogP contribution in [0.5, 0.6) is 0 Å². The van der Waals surface area contributed by atoms with Gasteiger partial charge in [-0.15, -0.1) is 0 Å². The van der Waals surface area contributed by atoms with E-state index in [9.17, 15) is 0 Å². The smallest absolute Gasteiger partial charge is 0.137 e. The third-order valence-electron chi connectivity index (χ3n) is 10.7. The molecule has 60 heavy (non-hydrogen) atoms. The molecule has 1 fully saturated rings. The molecule has 2 aromatic carbocycles. The maximum absolute atomic E-state index is 4.58. The number of fused-ring (bicyclic) bond motifs is 4. The Morgan fingerprint density at radius 2 is 1.22 bits per heavy atom. The first kappa shape index (κ1) is 38.5. The fourth-order valence-electron chi connectivity index (χ4n) is 7.86. The van der Waals surface area contributed by atoms with Gasteiger partial charge in [0.05, 0.1) is 28.1 Å². The van der Waals surface area contributed by atoms with E-state index in [1.165, 1.54) is 31.2 Å². The number of nitrogens with one attached hydrogen (secondary N) is 5. The van der Waals surface area contributed by atoms with Gasteiger partial charge in [0.15, 0.2) is 0 Å². The SMILES string of the molecule is CC(C)C.c1ccc(-c2ccc3[nH]nc(-c4cc5cccnc5[nH]4)c3c2)nc1.c1cnc2[nH]c(-c3n[nH]c4ccc(-c5cncc(CNCC6CCCC6)c5)cc34)cc2c1. The predicted molar refractivity (Wildman–Crippen MR) is 243 cm³/mol. The van der Waals surface area contributed by atoms with Crippen molar-refractivity contribution in [2.75, 3.05) is 6.54 Å². The minimum Gasteiger partial charge on any atom is -0.338 e. The normalized spacial score (nSPS) is 12.9. The van der Waals surface area contributed by atoms with Crippen molar-refractivity contribution in [1.82, 2.24) is 55.6 Å². The number of hydrogen-bond acceptors (Lipinski definition) is 7. The fraction of sp³-hybridized carbons (Fsp3) is 0.224. The first-order valence-corrected chi connectivity index (χ1v) is 20.9. The number of aromatic amines is 4. The third-order valence-corrected chi connectivity index (χ3v) is 10.7. The summed E-state index contributed by atoms with van der Waals surface area (Å²) >= 11 is 0. The van der Waals surface area contributed by atoms with Crippen molar-refractivity contribution in [2.45, 2.75) is 53.0 Å². The fourth-order valence-corrected chi connectivity index (χ4v) is 7.86. The van der Waals surface area contributed by atoms with Crippen molar-refractivity contribution in [3.8, 4) is 45.2 Å². The molecule has 0 aliphatic heterocycles. The number of pyridine rings is 4. The Morgan fingerprint density at radius 1 is 0.617 bits per heavy atom. The molecule has 0 atom stereocenters. The summed E-state index contributed by atoms with van der Waals surface area (Å²) in [7, 11) is 0. The van der Waals surface area contributed by atoms with Gasteiger partial charge in [-0.25, -0.2) is 9.97 Å². The Labute approximate surface area is 348 Å². The molecule has 5 N–H and O–H groups in total. The van der Waals surface area contributed by atoms with Crippen LogP contribution in [-0.2, 0) is 6.54 Å². The molecule has 1 aliphatic rings. The van der Waals surface area contributed by atoms with Crippen LogP contribution in [0, 0.1) is 11.8 Å². The van der Waals surface area contributed by atoms with Gasteiger partial charge in [0.2, 0.25) is 0 Å². The number of rotatable bonds is 8. The molecule has 10 aromatic rings. The Balaban J connectivity index is 0.000000146. The second-order valence-electron chi connectivity index (χ2n) is 16.2. The Kier molecular flexibility index (Phi) is 11.2. The molecule has 8 aromatic heterocycles. The molecule has 0 spiro atoms. The highest BCUT2D eigenvalue weighted by Gasteiger charge is 2.16. The zero-order valence-corrected chi connectivity index (χ0v) is 34.2. The number of hydrogen-bond donors (Lipinski definition) is 5. The lowest BCUT2D eigenvalue weighted by atomic mass is 10.0. The maximum atomic E-state index is 4.58. The summed E-state index contributed by atoms with van der Waals surface area (Å²) in [5.41, 5.74) is 13.0. The van der Waals surface area contributed by atoms with Gasteiger partial charge in [0.25, 0.3) is 0 Å². The summed E-state index contributed by atoms with van der Waals surface area (Å²) < 4.78 is 0. The lowest BCUT2D eigenvalue weighted by Crippen LogP contribution is -2.20. The van der Waals surface area contributed by atoms with E-state index in [4.69, 9.17) is 0 Å². The molecule has 11 heteroatoms. The molecule has 1 aliphatic carbocycles. The Hall–Kier alpha value is -6.98. The molecule has 0 bridgehead atoms. The van der Waals surface area contributed by atoms with E-state index in [-0.39, 0.29) is 0 Å². The van der Waals surface area contributed by atoms with Gasteiger partial charge in [0, 0.05) is 70.2 Å². The molecular weight excluding hydrogens is 743 g/mol. The van der Waals surface area contributed by atoms with E-state index in [0.29, 0.717) is 0 Å². The Morgan fingerprint density at radius 3 is 1.82 bits per heavy atom. The minimum atomic E-state index is 0.833. The summed E-state index contributed by atoms with van der Waals surface area (Å²) in [6.45, 7) is 8.46. The van der Waals surface area contributed by atoms with E-state index in [1.54, 1.807) is 18.6 Å². The first-order chi connectivity index (χ1) is 29.4. The number of aromatic nitrogens is 10. The average Bonchev–Trinajstić information content (AvgIpc) is 4.13. The van der Waals surface area contributed by atoms with Gasteiger partial charge in [-0.2, -0.15) is 10.2 Å². The predicted octanol–water partition coefficient (Wildman–Crippen LogP) is 11.3. The van der Waals surface area contributed by atoms with Crippen molar-refractivity contribution in [3.05, 3.63) is 134 Å². The van der Waals surface area contributed by atoms with Crippen LogP contribution in [0.4, 0.5) is 0 Å². The summed E-state index contributed by atoms with van der Waals surface area (Å²) in [5.74, 6) is 1.67. The molecule has 8 heterocycles. The van der Waals surface area contributed by atoms with E-state index < -0.39 is 0 Å². The molecule has 0 radical (unpaired) electrons. The first-order valence-electron chi connectivity index (χ1n) is 20.9. The Bertz CT molecular complexity index is 2910. The molecule has 0 saturated heterocycles. The van der Waals surface area contributed by atoms with Crippen molar-refractivity contribution < 1.29 is 0 Å². The highest BCUT2D eigenvalue weighted by molar-refractivity contribution is 5.98. The van der Waals surface area contributed by atoms with Crippen molar-refractivity contribution >= 4 is 43.9 Å². The van der Waals surface area contributed by atoms with Gasteiger partial charge in [-0.1, -0.05) is 51.8 Å². The van der Waals surface area contributed by atoms with Crippen LogP contribution in [0.25, 0.3) is 89.0 Å². The van der Waals surface area contributed by atoms with Crippen LogP contribution in [0.3, 0.4) is 0 Å². The van der Waals surface area contributed by atoms with Crippen LogP contribution in [-0.4, -0.2) is 56.8 Å². The van der Waals surface area contributed by atoms with Gasteiger partial charge in [-0.3, -0.25) is 20.2 Å². The molecule has 0 amide bonds. The van der Waals surface area contributed by atoms with Crippen LogP contribution in [0.1, 0.15) is 52.0 Å². The highest BCUT2D eigenvalue weighted by atomic mass is 15.1. The van der Waals surface area contributed by atoms with Gasteiger partial charge in [-0.05, 0) is 121 Å². The monoisotopic (exact) mass is 791 g/mol. The van der Waals surface area contributed by atoms with Gasteiger partial charge >= 0.3 is 0 Å². The molecule has 11 rings (SSSR count). The molecule has 11 nitrogen and oxygen atoms in total. The average molecular weight is 792 g/mol. The molecule has 1 saturated carbocycles. The largest absolute Gasteiger partial charge is 0.338 e. The molecule has 300 valence electrons. The molecular formula is C49H49N11. The highest BCUT2D eigenvalue weighted by Crippen LogP contribution is 2.33. The van der Waals surface area contributed by atoms with E-state index >= 15 is 0 Å². The summed E-state index contributed by atoms with van der Waals surface area (Å²) in [6, 6.07) is 32.9. The molecule has 0 unspecified atom stereocenters. The van der Waals surface area contributed by atoms with E-state index in [1.807, 2.05) is 54.9 Å². The second-order valence-corrected chi connectivity index (χ2v) is 16.2. The zero-order chi connectivity index (χ0) is 40.8. The third kappa shape index (κ3) is 8.57. The zero-order valence-electron chi connectivity index (χ0n) is 34.2. The van der Waals surface area contributed by atoms with Crippen molar-refractivity contribution in [2.24, 2.45) is 11.8 Å². The van der Waals surface area contributed by atoms with Gasteiger partial charge in [0.1, 0.15) is 22.7 Å². The standard InChI is InChI=1S/C26H26N6.C19H13N5.C4H10/c1-2-5-17(4-1)13-27-14-18-10-21(16-28-15-18)19-7-8-23-22(11-19)25(32-31-23)24-12-20-6-3-9-29-26(20)30-24;1-2-8-20-15(5-1)12-6-7-16-14(10-12)18(24-23-16)17-11-13-4-3-9-21-19(13)22-17;1-4(2)3/h3,6-12,15-17,27H,1-2,4-5,13-14H2,(H,29,30)(H,31,32);1-11H,(H,21,22)(H,23,24);4H,1-3H3. The van der Waals surface area contributed by atoms with Gasteiger partial charge < -0.3 is 15.3 Å². The topological polar surface area (TPSA) is 153 Å². The lowest BCUT2D eigenvalue weighted by Gasteiger charge is -2.11. The lowest BCUT2D eigenvalue weighted by molar-refractivity contribution is 0.489. The summed E-state index contributed by atoms with van der Waals surface area (Å²) in [5, 5.41) is 23.3. The second kappa shape index (κ2) is 17.5.